The predicted molar refractivity (Wildman–Crippen MR) is 48.1 cm³/mol. The molecule has 1 fully saturated rings. The fourth-order valence-corrected chi connectivity index (χ4v) is 1.63. The molecule has 1 aromatic rings. The van der Waals surface area contributed by atoms with E-state index in [9.17, 15) is 4.39 Å². The van der Waals surface area contributed by atoms with E-state index in [-0.39, 0.29) is 0 Å². The number of aromatic nitrogens is 2. The Hall–Kier alpha value is -1.19. The summed E-state index contributed by atoms with van der Waals surface area (Å²) >= 11 is 0. The van der Waals surface area contributed by atoms with Crippen molar-refractivity contribution in [2.75, 3.05) is 18.0 Å². The molecule has 0 amide bonds. The maximum absolute atomic E-state index is 12.7. The van der Waals surface area contributed by atoms with E-state index >= 15 is 0 Å². The van der Waals surface area contributed by atoms with Gasteiger partial charge >= 0.3 is 6.08 Å². The van der Waals surface area contributed by atoms with Gasteiger partial charge in [-0.1, -0.05) is 0 Å². The first kappa shape index (κ1) is 8.41. The summed E-state index contributed by atoms with van der Waals surface area (Å²) in [5.41, 5.74) is 0. The lowest BCUT2D eigenvalue weighted by atomic mass is 10.1. The van der Waals surface area contributed by atoms with E-state index in [1.165, 1.54) is 25.5 Å². The van der Waals surface area contributed by atoms with Gasteiger partial charge in [0.15, 0.2) is 0 Å². The average molecular weight is 181 g/mol. The van der Waals surface area contributed by atoms with E-state index in [2.05, 4.69) is 14.9 Å². The summed E-state index contributed by atoms with van der Waals surface area (Å²) in [6, 6.07) is 1.76. The molecule has 0 bridgehead atoms. The number of piperidine rings is 1. The summed E-state index contributed by atoms with van der Waals surface area (Å²) in [4.78, 5) is 9.28. The Bertz CT molecular complexity index is 284. The normalized spacial score (nSPS) is 17.5. The van der Waals surface area contributed by atoms with Crippen LogP contribution in [-0.2, 0) is 0 Å². The molecule has 1 aliphatic heterocycles. The molecule has 0 aliphatic carbocycles. The highest BCUT2D eigenvalue weighted by Crippen LogP contribution is 2.16. The summed E-state index contributed by atoms with van der Waals surface area (Å²) in [6.45, 7) is 1.97. The molecule has 0 N–H and O–H groups in total. The highest BCUT2D eigenvalue weighted by molar-refractivity contribution is 5.36. The lowest BCUT2D eigenvalue weighted by molar-refractivity contribution is 0.525. The number of rotatable bonds is 1. The molecular formula is C9H12FN3. The van der Waals surface area contributed by atoms with E-state index in [1.807, 2.05) is 0 Å². The number of nitrogens with zero attached hydrogens (tertiary/aromatic N) is 3. The Morgan fingerprint density at radius 3 is 2.69 bits per heavy atom. The summed E-state index contributed by atoms with van der Waals surface area (Å²) in [6.07, 6.45) is 4.44. The summed E-state index contributed by atoms with van der Waals surface area (Å²) in [5, 5.41) is 0. The highest BCUT2D eigenvalue weighted by Gasteiger charge is 2.12. The van der Waals surface area contributed by atoms with Crippen LogP contribution in [0.1, 0.15) is 19.3 Å². The molecule has 2 rings (SSSR count). The van der Waals surface area contributed by atoms with Crippen LogP contribution in [0, 0.1) is 6.08 Å². The zero-order valence-corrected chi connectivity index (χ0v) is 7.41. The Morgan fingerprint density at radius 1 is 1.23 bits per heavy atom. The largest absolute Gasteiger partial charge is 0.356 e. The van der Waals surface area contributed by atoms with E-state index in [0.717, 1.165) is 13.1 Å². The SMILES string of the molecule is Fc1nccc(N2CCCCC2)n1. The van der Waals surface area contributed by atoms with Crippen molar-refractivity contribution in [3.8, 4) is 0 Å². The van der Waals surface area contributed by atoms with Crippen LogP contribution in [0.15, 0.2) is 12.3 Å². The average Bonchev–Trinajstić information content (AvgIpc) is 2.19. The molecule has 0 atom stereocenters. The Morgan fingerprint density at radius 2 is 2.00 bits per heavy atom. The first-order valence-corrected chi connectivity index (χ1v) is 4.60. The minimum atomic E-state index is -0.636. The Balaban J connectivity index is 2.14. The molecule has 0 saturated carbocycles. The smallest absolute Gasteiger partial charge is 0.310 e. The molecule has 2 heterocycles. The molecular weight excluding hydrogens is 169 g/mol. The van der Waals surface area contributed by atoms with Crippen molar-refractivity contribution < 1.29 is 4.39 Å². The van der Waals surface area contributed by atoms with Crippen molar-refractivity contribution in [2.24, 2.45) is 0 Å². The van der Waals surface area contributed by atoms with Crippen LogP contribution >= 0.6 is 0 Å². The van der Waals surface area contributed by atoms with Crippen molar-refractivity contribution in [1.82, 2.24) is 9.97 Å². The second kappa shape index (κ2) is 3.68. The molecule has 1 aliphatic rings. The first-order chi connectivity index (χ1) is 6.36. The van der Waals surface area contributed by atoms with Crippen molar-refractivity contribution >= 4 is 5.82 Å². The molecule has 1 saturated heterocycles. The molecule has 0 radical (unpaired) electrons. The van der Waals surface area contributed by atoms with E-state index in [4.69, 9.17) is 0 Å². The third-order valence-corrected chi connectivity index (χ3v) is 2.29. The topological polar surface area (TPSA) is 29.0 Å². The van der Waals surface area contributed by atoms with Crippen LogP contribution < -0.4 is 4.90 Å². The Kier molecular flexibility index (Phi) is 2.38. The zero-order chi connectivity index (χ0) is 9.10. The summed E-state index contributed by atoms with van der Waals surface area (Å²) < 4.78 is 12.7. The molecule has 1 aromatic heterocycles. The molecule has 0 aromatic carbocycles. The van der Waals surface area contributed by atoms with Gasteiger partial charge in [-0.25, -0.2) is 4.98 Å². The van der Waals surface area contributed by atoms with Gasteiger partial charge in [-0.3, -0.25) is 0 Å². The van der Waals surface area contributed by atoms with Crippen molar-refractivity contribution in [3.05, 3.63) is 18.3 Å². The molecule has 4 heteroatoms. The minimum Gasteiger partial charge on any atom is -0.356 e. The molecule has 0 spiro atoms. The number of anilines is 1. The van der Waals surface area contributed by atoms with Gasteiger partial charge in [0.1, 0.15) is 5.82 Å². The minimum absolute atomic E-state index is 0.636. The lowest BCUT2D eigenvalue weighted by Gasteiger charge is -2.27. The third-order valence-electron chi connectivity index (χ3n) is 2.29. The van der Waals surface area contributed by atoms with Crippen LogP contribution in [0.4, 0.5) is 10.2 Å². The van der Waals surface area contributed by atoms with Gasteiger partial charge < -0.3 is 4.90 Å². The highest BCUT2D eigenvalue weighted by atomic mass is 19.1. The number of hydrogen-bond donors (Lipinski definition) is 0. The second-order valence-electron chi connectivity index (χ2n) is 3.23. The van der Waals surface area contributed by atoms with E-state index in [1.54, 1.807) is 6.07 Å². The van der Waals surface area contributed by atoms with E-state index < -0.39 is 6.08 Å². The van der Waals surface area contributed by atoms with Crippen LogP contribution in [0.25, 0.3) is 0 Å². The fraction of sp³-hybridized carbons (Fsp3) is 0.556. The predicted octanol–water partition coefficient (Wildman–Crippen LogP) is 1.61. The maximum atomic E-state index is 12.7. The number of hydrogen-bond acceptors (Lipinski definition) is 3. The van der Waals surface area contributed by atoms with Crippen LogP contribution in [0.5, 0.6) is 0 Å². The lowest BCUT2D eigenvalue weighted by Crippen LogP contribution is -2.30. The number of halogens is 1. The summed E-state index contributed by atoms with van der Waals surface area (Å²) in [5.74, 6) is 0.715. The standard InChI is InChI=1S/C9H12FN3/c10-9-11-5-4-8(12-9)13-6-2-1-3-7-13/h4-5H,1-3,6-7H2. The van der Waals surface area contributed by atoms with Gasteiger partial charge in [0.05, 0.1) is 0 Å². The molecule has 13 heavy (non-hydrogen) atoms. The molecule has 70 valence electrons. The van der Waals surface area contributed by atoms with Crippen LogP contribution in [0.3, 0.4) is 0 Å². The molecule has 3 nitrogen and oxygen atoms in total. The summed E-state index contributed by atoms with van der Waals surface area (Å²) in [7, 11) is 0. The fourth-order valence-electron chi connectivity index (χ4n) is 1.63. The Labute approximate surface area is 76.6 Å². The van der Waals surface area contributed by atoms with Crippen LogP contribution in [-0.4, -0.2) is 23.1 Å². The van der Waals surface area contributed by atoms with Crippen molar-refractivity contribution in [1.29, 1.82) is 0 Å². The van der Waals surface area contributed by atoms with Gasteiger partial charge in [0.2, 0.25) is 0 Å². The van der Waals surface area contributed by atoms with Gasteiger partial charge in [-0.2, -0.15) is 9.37 Å². The first-order valence-electron chi connectivity index (χ1n) is 4.60. The monoisotopic (exact) mass is 181 g/mol. The van der Waals surface area contributed by atoms with Gasteiger partial charge in [0.25, 0.3) is 0 Å². The van der Waals surface area contributed by atoms with Crippen molar-refractivity contribution in [3.63, 3.8) is 0 Å². The zero-order valence-electron chi connectivity index (χ0n) is 7.41. The maximum Gasteiger partial charge on any atom is 0.310 e. The quantitative estimate of drug-likeness (QED) is 0.616. The van der Waals surface area contributed by atoms with E-state index in [0.29, 0.717) is 5.82 Å². The van der Waals surface area contributed by atoms with Crippen molar-refractivity contribution in [2.45, 2.75) is 19.3 Å². The third kappa shape index (κ3) is 1.94. The second-order valence-corrected chi connectivity index (χ2v) is 3.23. The molecule has 0 unspecified atom stereocenters. The van der Waals surface area contributed by atoms with Gasteiger partial charge in [-0.15, -0.1) is 0 Å². The van der Waals surface area contributed by atoms with Crippen LogP contribution in [0.2, 0.25) is 0 Å². The van der Waals surface area contributed by atoms with Gasteiger partial charge in [0, 0.05) is 19.3 Å². The van der Waals surface area contributed by atoms with Gasteiger partial charge in [-0.05, 0) is 25.3 Å².